The SMILES string of the molecule is COc1ccccc1-n1cc(C(=O)N2CC[C@@H]3NC(=O)C[C@@H]3C2)cn1. The molecule has 2 fully saturated rings. The number of likely N-dealkylation sites (tertiary alicyclic amines) is 1. The van der Waals surface area contributed by atoms with Crippen LogP contribution in [0.4, 0.5) is 0 Å². The maximum Gasteiger partial charge on any atom is 0.257 e. The van der Waals surface area contributed by atoms with E-state index in [2.05, 4.69) is 10.4 Å². The Morgan fingerprint density at radius 3 is 3.04 bits per heavy atom. The number of nitrogens with one attached hydrogen (secondary N) is 1. The van der Waals surface area contributed by atoms with E-state index < -0.39 is 0 Å². The molecule has 1 aromatic carbocycles. The number of ether oxygens (including phenoxy) is 1. The van der Waals surface area contributed by atoms with Crippen LogP contribution in [0.15, 0.2) is 36.7 Å². The minimum atomic E-state index is -0.0426. The van der Waals surface area contributed by atoms with Gasteiger partial charge in [0.05, 0.1) is 18.9 Å². The van der Waals surface area contributed by atoms with Gasteiger partial charge in [-0.3, -0.25) is 9.59 Å². The lowest BCUT2D eigenvalue weighted by molar-refractivity contribution is -0.119. The molecule has 1 N–H and O–H groups in total. The highest BCUT2D eigenvalue weighted by atomic mass is 16.5. The first-order valence-electron chi connectivity index (χ1n) is 8.42. The number of carbonyl (C=O) groups is 2. The van der Waals surface area contributed by atoms with Gasteiger partial charge in [0.1, 0.15) is 11.4 Å². The summed E-state index contributed by atoms with van der Waals surface area (Å²) in [6.45, 7) is 1.27. The van der Waals surface area contributed by atoms with Crippen molar-refractivity contribution in [3.8, 4) is 11.4 Å². The van der Waals surface area contributed by atoms with E-state index in [-0.39, 0.29) is 23.8 Å². The number of fused-ring (bicyclic) bond motifs is 1. The molecule has 2 amide bonds. The minimum absolute atomic E-state index is 0.0426. The van der Waals surface area contributed by atoms with Crippen LogP contribution in [0, 0.1) is 5.92 Å². The zero-order chi connectivity index (χ0) is 17.4. The number of hydrogen-bond acceptors (Lipinski definition) is 4. The lowest BCUT2D eigenvalue weighted by Gasteiger charge is -2.34. The van der Waals surface area contributed by atoms with Gasteiger partial charge in [-0.15, -0.1) is 0 Å². The zero-order valence-electron chi connectivity index (χ0n) is 14.0. The Morgan fingerprint density at radius 2 is 2.20 bits per heavy atom. The number of rotatable bonds is 3. The normalized spacial score (nSPS) is 22.4. The molecular weight excluding hydrogens is 320 g/mol. The molecule has 0 aliphatic carbocycles. The smallest absolute Gasteiger partial charge is 0.257 e. The van der Waals surface area contributed by atoms with Crippen LogP contribution < -0.4 is 10.1 Å². The summed E-state index contributed by atoms with van der Waals surface area (Å²) in [4.78, 5) is 26.2. The molecule has 4 rings (SSSR count). The monoisotopic (exact) mass is 340 g/mol. The molecule has 7 nitrogen and oxygen atoms in total. The molecule has 0 bridgehead atoms. The number of methoxy groups -OCH3 is 1. The molecule has 0 spiro atoms. The first-order valence-corrected chi connectivity index (χ1v) is 8.42. The van der Waals surface area contributed by atoms with Gasteiger partial charge in [-0.05, 0) is 18.6 Å². The molecule has 25 heavy (non-hydrogen) atoms. The van der Waals surface area contributed by atoms with Crippen molar-refractivity contribution in [2.75, 3.05) is 20.2 Å². The van der Waals surface area contributed by atoms with Gasteiger partial charge in [-0.1, -0.05) is 12.1 Å². The molecule has 1 aromatic heterocycles. The Morgan fingerprint density at radius 1 is 1.36 bits per heavy atom. The standard InChI is InChI=1S/C18H20N4O3/c1-25-16-5-3-2-4-15(16)22-11-13(9-19-22)18(24)21-7-6-14-12(10-21)8-17(23)20-14/h2-5,9,11-12,14H,6-8,10H2,1H3,(H,20,23)/t12-,14+/m1/s1. The first kappa shape index (κ1) is 15.7. The molecule has 0 radical (unpaired) electrons. The van der Waals surface area contributed by atoms with Crippen LogP contribution in [-0.4, -0.2) is 52.7 Å². The Kier molecular flexibility index (Phi) is 3.91. The molecule has 7 heteroatoms. The first-order chi connectivity index (χ1) is 12.2. The van der Waals surface area contributed by atoms with Gasteiger partial charge in [-0.25, -0.2) is 4.68 Å². The van der Waals surface area contributed by atoms with Crippen molar-refractivity contribution in [1.29, 1.82) is 0 Å². The van der Waals surface area contributed by atoms with E-state index in [0.29, 0.717) is 30.8 Å². The molecule has 3 heterocycles. The number of aromatic nitrogens is 2. The van der Waals surface area contributed by atoms with E-state index in [1.165, 1.54) is 0 Å². The average Bonchev–Trinajstić information content (AvgIpc) is 3.26. The topological polar surface area (TPSA) is 76.5 Å². The van der Waals surface area contributed by atoms with Gasteiger partial charge in [-0.2, -0.15) is 5.10 Å². The van der Waals surface area contributed by atoms with Gasteiger partial charge in [0.15, 0.2) is 0 Å². The number of benzene rings is 1. The van der Waals surface area contributed by atoms with E-state index in [4.69, 9.17) is 4.74 Å². The Bertz CT molecular complexity index is 816. The highest BCUT2D eigenvalue weighted by Gasteiger charge is 2.38. The van der Waals surface area contributed by atoms with Crippen molar-refractivity contribution in [1.82, 2.24) is 20.0 Å². The van der Waals surface area contributed by atoms with Gasteiger partial charge in [0.25, 0.3) is 5.91 Å². The maximum absolute atomic E-state index is 12.8. The third kappa shape index (κ3) is 2.86. The summed E-state index contributed by atoms with van der Waals surface area (Å²) >= 11 is 0. The van der Waals surface area contributed by atoms with Crippen LogP contribution in [0.2, 0.25) is 0 Å². The summed E-state index contributed by atoms with van der Waals surface area (Å²) in [5.41, 5.74) is 1.33. The third-order valence-corrected chi connectivity index (χ3v) is 4.98. The fourth-order valence-electron chi connectivity index (χ4n) is 3.68. The van der Waals surface area contributed by atoms with Gasteiger partial charge in [0, 0.05) is 37.7 Å². The van der Waals surface area contributed by atoms with Crippen molar-refractivity contribution in [2.24, 2.45) is 5.92 Å². The Balaban J connectivity index is 1.52. The number of para-hydroxylation sites is 2. The van der Waals surface area contributed by atoms with Crippen molar-refractivity contribution in [3.05, 3.63) is 42.2 Å². The van der Waals surface area contributed by atoms with E-state index in [9.17, 15) is 9.59 Å². The highest BCUT2D eigenvalue weighted by Crippen LogP contribution is 2.27. The lowest BCUT2D eigenvalue weighted by Crippen LogP contribution is -2.47. The van der Waals surface area contributed by atoms with Crippen LogP contribution in [0.5, 0.6) is 5.75 Å². The fourth-order valence-corrected chi connectivity index (χ4v) is 3.68. The van der Waals surface area contributed by atoms with Crippen LogP contribution in [0.1, 0.15) is 23.2 Å². The molecule has 2 aliphatic heterocycles. The predicted octanol–water partition coefficient (Wildman–Crippen LogP) is 1.23. The fraction of sp³-hybridized carbons (Fsp3) is 0.389. The van der Waals surface area contributed by atoms with E-state index in [1.54, 1.807) is 24.2 Å². The van der Waals surface area contributed by atoms with E-state index in [0.717, 1.165) is 12.1 Å². The summed E-state index contributed by atoms with van der Waals surface area (Å²) in [5, 5.41) is 7.30. The summed E-state index contributed by atoms with van der Waals surface area (Å²) in [6.07, 6.45) is 4.63. The predicted molar refractivity (Wildman–Crippen MR) is 90.7 cm³/mol. The second kappa shape index (κ2) is 6.23. The van der Waals surface area contributed by atoms with E-state index >= 15 is 0 Å². The maximum atomic E-state index is 12.8. The molecule has 2 saturated heterocycles. The second-order valence-corrected chi connectivity index (χ2v) is 6.52. The van der Waals surface area contributed by atoms with Crippen molar-refractivity contribution in [2.45, 2.75) is 18.9 Å². The molecular formula is C18H20N4O3. The number of amides is 2. The molecule has 0 unspecified atom stereocenters. The number of piperidine rings is 1. The van der Waals surface area contributed by atoms with Gasteiger partial charge >= 0.3 is 0 Å². The van der Waals surface area contributed by atoms with Crippen molar-refractivity contribution < 1.29 is 14.3 Å². The Labute approximate surface area is 145 Å². The zero-order valence-corrected chi connectivity index (χ0v) is 14.0. The molecule has 130 valence electrons. The van der Waals surface area contributed by atoms with Gasteiger partial charge in [0.2, 0.25) is 5.91 Å². The summed E-state index contributed by atoms with van der Waals surface area (Å²) in [6, 6.07) is 7.75. The third-order valence-electron chi connectivity index (χ3n) is 4.98. The van der Waals surface area contributed by atoms with Crippen molar-refractivity contribution >= 4 is 11.8 Å². The molecule has 2 aromatic rings. The molecule has 2 atom stereocenters. The van der Waals surface area contributed by atoms with E-state index in [1.807, 2.05) is 29.2 Å². The minimum Gasteiger partial charge on any atom is -0.494 e. The van der Waals surface area contributed by atoms with Crippen LogP contribution in [0.25, 0.3) is 5.69 Å². The molecule has 0 saturated carbocycles. The summed E-state index contributed by atoms with van der Waals surface area (Å²) < 4.78 is 7.00. The Hall–Kier alpha value is -2.83. The highest BCUT2D eigenvalue weighted by molar-refractivity contribution is 5.94. The second-order valence-electron chi connectivity index (χ2n) is 6.52. The number of nitrogens with zero attached hydrogens (tertiary/aromatic N) is 3. The number of carbonyl (C=O) groups excluding carboxylic acids is 2. The quantitative estimate of drug-likeness (QED) is 0.912. The number of hydrogen-bond donors (Lipinski definition) is 1. The van der Waals surface area contributed by atoms with Crippen molar-refractivity contribution in [3.63, 3.8) is 0 Å². The largest absolute Gasteiger partial charge is 0.494 e. The van der Waals surface area contributed by atoms with Gasteiger partial charge < -0.3 is 15.0 Å². The lowest BCUT2D eigenvalue weighted by atomic mass is 9.93. The summed E-state index contributed by atoms with van der Waals surface area (Å²) in [7, 11) is 1.61. The summed E-state index contributed by atoms with van der Waals surface area (Å²) in [5.74, 6) is 0.961. The molecule has 2 aliphatic rings. The van der Waals surface area contributed by atoms with Crippen LogP contribution in [0.3, 0.4) is 0 Å². The van der Waals surface area contributed by atoms with Crippen LogP contribution in [-0.2, 0) is 4.79 Å². The van der Waals surface area contributed by atoms with Crippen LogP contribution >= 0.6 is 0 Å². The average molecular weight is 340 g/mol.